The molecule has 2 N–H and O–H groups in total. The van der Waals surface area contributed by atoms with Crippen molar-refractivity contribution in [3.05, 3.63) is 12.7 Å². The fourth-order valence-corrected chi connectivity index (χ4v) is 1.68. The first-order valence-electron chi connectivity index (χ1n) is 5.35. The van der Waals surface area contributed by atoms with Gasteiger partial charge in [0, 0.05) is 12.5 Å². The van der Waals surface area contributed by atoms with Gasteiger partial charge in [0.2, 0.25) is 5.91 Å². The van der Waals surface area contributed by atoms with Gasteiger partial charge in [-0.15, -0.1) is 6.58 Å². The van der Waals surface area contributed by atoms with Crippen molar-refractivity contribution < 1.29 is 4.79 Å². The molecular formula is C11H20N2O. The smallest absolute Gasteiger partial charge is 0.220 e. The maximum atomic E-state index is 11.4. The number of hydrogen-bond acceptors (Lipinski definition) is 2. The summed E-state index contributed by atoms with van der Waals surface area (Å²) in [7, 11) is 0. The maximum Gasteiger partial charge on any atom is 0.220 e. The molecule has 0 bridgehead atoms. The van der Waals surface area contributed by atoms with Gasteiger partial charge in [-0.3, -0.25) is 4.79 Å². The van der Waals surface area contributed by atoms with Crippen molar-refractivity contribution in [2.75, 3.05) is 13.1 Å². The molecule has 1 aliphatic rings. The van der Waals surface area contributed by atoms with Gasteiger partial charge in [-0.1, -0.05) is 6.08 Å². The Morgan fingerprint density at radius 1 is 1.79 bits per heavy atom. The molecule has 80 valence electrons. The molecule has 1 amide bonds. The molecule has 1 aliphatic heterocycles. The van der Waals surface area contributed by atoms with Crippen molar-refractivity contribution in [1.82, 2.24) is 10.6 Å². The fourth-order valence-electron chi connectivity index (χ4n) is 1.68. The highest BCUT2D eigenvalue weighted by atomic mass is 16.1. The van der Waals surface area contributed by atoms with Gasteiger partial charge in [0.1, 0.15) is 0 Å². The van der Waals surface area contributed by atoms with E-state index in [0.29, 0.717) is 12.3 Å². The molecule has 2 unspecified atom stereocenters. The summed E-state index contributed by atoms with van der Waals surface area (Å²) >= 11 is 0. The molecule has 0 saturated carbocycles. The van der Waals surface area contributed by atoms with Crippen molar-refractivity contribution in [2.45, 2.75) is 32.2 Å². The van der Waals surface area contributed by atoms with Crippen molar-refractivity contribution in [3.8, 4) is 0 Å². The van der Waals surface area contributed by atoms with Crippen molar-refractivity contribution in [1.29, 1.82) is 0 Å². The van der Waals surface area contributed by atoms with Gasteiger partial charge < -0.3 is 10.6 Å². The molecule has 1 saturated heterocycles. The van der Waals surface area contributed by atoms with Gasteiger partial charge in [0.25, 0.3) is 0 Å². The number of rotatable bonds is 5. The zero-order chi connectivity index (χ0) is 10.4. The Bertz CT molecular complexity index is 197. The van der Waals surface area contributed by atoms with Crippen LogP contribution in [0.3, 0.4) is 0 Å². The summed E-state index contributed by atoms with van der Waals surface area (Å²) in [6.07, 6.45) is 4.60. The quantitative estimate of drug-likeness (QED) is 0.646. The average Bonchev–Trinajstić information content (AvgIpc) is 2.67. The SMILES string of the molecule is C=CC(C)NC(=O)CCC1CCNC1. The van der Waals surface area contributed by atoms with E-state index in [4.69, 9.17) is 0 Å². The zero-order valence-electron chi connectivity index (χ0n) is 8.88. The highest BCUT2D eigenvalue weighted by Crippen LogP contribution is 2.13. The molecule has 1 fully saturated rings. The predicted octanol–water partition coefficient (Wildman–Crippen LogP) is 1.07. The molecule has 0 spiro atoms. The van der Waals surface area contributed by atoms with Gasteiger partial charge in [0.05, 0.1) is 0 Å². The Balaban J connectivity index is 2.10. The fraction of sp³-hybridized carbons (Fsp3) is 0.727. The lowest BCUT2D eigenvalue weighted by molar-refractivity contribution is -0.121. The zero-order valence-corrected chi connectivity index (χ0v) is 8.88. The van der Waals surface area contributed by atoms with Crippen LogP contribution >= 0.6 is 0 Å². The summed E-state index contributed by atoms with van der Waals surface area (Å²) in [5.74, 6) is 0.837. The van der Waals surface area contributed by atoms with Crippen molar-refractivity contribution in [2.24, 2.45) is 5.92 Å². The molecule has 3 nitrogen and oxygen atoms in total. The third-order valence-electron chi connectivity index (χ3n) is 2.68. The van der Waals surface area contributed by atoms with E-state index in [1.54, 1.807) is 6.08 Å². The standard InChI is InChI=1S/C11H20N2O/c1-3-9(2)13-11(14)5-4-10-6-7-12-8-10/h3,9-10,12H,1,4-8H2,2H3,(H,13,14). The second kappa shape index (κ2) is 5.81. The van der Waals surface area contributed by atoms with Gasteiger partial charge in [-0.05, 0) is 38.8 Å². The molecule has 0 aromatic carbocycles. The van der Waals surface area contributed by atoms with Gasteiger partial charge in [-0.25, -0.2) is 0 Å². The Morgan fingerprint density at radius 3 is 3.14 bits per heavy atom. The van der Waals surface area contributed by atoms with E-state index in [1.165, 1.54) is 6.42 Å². The van der Waals surface area contributed by atoms with Crippen LogP contribution in [0.4, 0.5) is 0 Å². The number of nitrogens with one attached hydrogen (secondary N) is 2. The van der Waals surface area contributed by atoms with E-state index in [1.807, 2.05) is 6.92 Å². The molecule has 2 atom stereocenters. The summed E-state index contributed by atoms with van der Waals surface area (Å²) in [6, 6.07) is 0.0872. The van der Waals surface area contributed by atoms with Gasteiger partial charge >= 0.3 is 0 Å². The van der Waals surface area contributed by atoms with Crippen molar-refractivity contribution in [3.63, 3.8) is 0 Å². The Kier molecular flexibility index (Phi) is 4.66. The maximum absolute atomic E-state index is 11.4. The highest BCUT2D eigenvalue weighted by molar-refractivity contribution is 5.76. The summed E-state index contributed by atoms with van der Waals surface area (Å²) in [5.41, 5.74) is 0. The lowest BCUT2D eigenvalue weighted by atomic mass is 10.0. The Morgan fingerprint density at radius 2 is 2.57 bits per heavy atom. The number of carbonyl (C=O) groups is 1. The van der Waals surface area contributed by atoms with E-state index in [2.05, 4.69) is 17.2 Å². The summed E-state index contributed by atoms with van der Waals surface area (Å²) in [4.78, 5) is 11.4. The molecule has 0 aliphatic carbocycles. The van der Waals surface area contributed by atoms with Crippen LogP contribution in [0.1, 0.15) is 26.2 Å². The number of hydrogen-bond donors (Lipinski definition) is 2. The van der Waals surface area contributed by atoms with Gasteiger partial charge in [-0.2, -0.15) is 0 Å². The molecule has 1 rings (SSSR count). The van der Waals surface area contributed by atoms with Crippen LogP contribution in [0.25, 0.3) is 0 Å². The van der Waals surface area contributed by atoms with E-state index in [-0.39, 0.29) is 11.9 Å². The van der Waals surface area contributed by atoms with Crippen LogP contribution in [0.5, 0.6) is 0 Å². The summed E-state index contributed by atoms with van der Waals surface area (Å²) in [6.45, 7) is 7.74. The minimum atomic E-state index is 0.0872. The minimum absolute atomic E-state index is 0.0872. The number of carbonyl (C=O) groups excluding carboxylic acids is 1. The molecular weight excluding hydrogens is 176 g/mol. The van der Waals surface area contributed by atoms with E-state index in [9.17, 15) is 4.79 Å². The third kappa shape index (κ3) is 3.92. The molecule has 3 heteroatoms. The first kappa shape index (κ1) is 11.2. The van der Waals surface area contributed by atoms with Crippen LogP contribution < -0.4 is 10.6 Å². The second-order valence-corrected chi connectivity index (χ2v) is 3.99. The summed E-state index contributed by atoms with van der Waals surface area (Å²) < 4.78 is 0. The van der Waals surface area contributed by atoms with Gasteiger partial charge in [0.15, 0.2) is 0 Å². The van der Waals surface area contributed by atoms with E-state index >= 15 is 0 Å². The monoisotopic (exact) mass is 196 g/mol. The first-order valence-corrected chi connectivity index (χ1v) is 5.35. The molecule has 0 radical (unpaired) electrons. The normalized spacial score (nSPS) is 23.1. The lowest BCUT2D eigenvalue weighted by Crippen LogP contribution is -2.31. The first-order chi connectivity index (χ1) is 6.72. The minimum Gasteiger partial charge on any atom is -0.350 e. The van der Waals surface area contributed by atoms with E-state index in [0.717, 1.165) is 19.5 Å². The topological polar surface area (TPSA) is 41.1 Å². The molecule has 1 heterocycles. The Hall–Kier alpha value is -0.830. The Labute approximate surface area is 86.0 Å². The van der Waals surface area contributed by atoms with Crippen LogP contribution in [-0.4, -0.2) is 25.0 Å². The molecule has 0 aromatic rings. The molecule has 0 aromatic heterocycles. The lowest BCUT2D eigenvalue weighted by Gasteiger charge is -2.11. The number of amides is 1. The van der Waals surface area contributed by atoms with Crippen LogP contribution in [0.15, 0.2) is 12.7 Å². The van der Waals surface area contributed by atoms with E-state index < -0.39 is 0 Å². The average molecular weight is 196 g/mol. The second-order valence-electron chi connectivity index (χ2n) is 3.99. The third-order valence-corrected chi connectivity index (χ3v) is 2.68. The largest absolute Gasteiger partial charge is 0.350 e. The van der Waals surface area contributed by atoms with Crippen molar-refractivity contribution >= 4 is 5.91 Å². The highest BCUT2D eigenvalue weighted by Gasteiger charge is 2.15. The van der Waals surface area contributed by atoms with Crippen LogP contribution in [0, 0.1) is 5.92 Å². The summed E-state index contributed by atoms with van der Waals surface area (Å²) in [5, 5.41) is 6.18. The molecule has 14 heavy (non-hydrogen) atoms. The van der Waals surface area contributed by atoms with Crippen LogP contribution in [-0.2, 0) is 4.79 Å². The van der Waals surface area contributed by atoms with Crippen LogP contribution in [0.2, 0.25) is 0 Å². The predicted molar refractivity (Wildman–Crippen MR) is 58.0 cm³/mol.